The zero-order valence-corrected chi connectivity index (χ0v) is 20.9. The van der Waals surface area contributed by atoms with Crippen molar-refractivity contribution < 1.29 is 40.6 Å². The van der Waals surface area contributed by atoms with Gasteiger partial charge in [0.1, 0.15) is 5.75 Å². The summed E-state index contributed by atoms with van der Waals surface area (Å²) in [5, 5.41) is 10.4. The molecular formula is C27H25ClF7NO2. The maximum Gasteiger partial charge on any atom is 0.461 e. The van der Waals surface area contributed by atoms with Crippen LogP contribution in [-0.4, -0.2) is 36.5 Å². The van der Waals surface area contributed by atoms with Crippen molar-refractivity contribution in [3.63, 3.8) is 0 Å². The van der Waals surface area contributed by atoms with E-state index in [2.05, 4.69) is 4.74 Å². The lowest BCUT2D eigenvalue weighted by atomic mass is 10.0. The minimum absolute atomic E-state index is 0.206. The highest BCUT2D eigenvalue weighted by molar-refractivity contribution is 6.31. The van der Waals surface area contributed by atoms with Crippen LogP contribution in [0.25, 0.3) is 0 Å². The van der Waals surface area contributed by atoms with Crippen LogP contribution in [0.3, 0.4) is 0 Å². The number of hydrogen-bond donors (Lipinski definition) is 1. The van der Waals surface area contributed by atoms with Crippen molar-refractivity contribution in [2.24, 2.45) is 0 Å². The zero-order valence-electron chi connectivity index (χ0n) is 20.2. The van der Waals surface area contributed by atoms with Crippen LogP contribution < -0.4 is 9.64 Å². The summed E-state index contributed by atoms with van der Waals surface area (Å²) in [7, 11) is 0. The van der Waals surface area contributed by atoms with Crippen LogP contribution in [0.15, 0.2) is 66.7 Å². The lowest BCUT2D eigenvalue weighted by Crippen LogP contribution is -2.41. The Labute approximate surface area is 220 Å². The Morgan fingerprint density at radius 2 is 1.55 bits per heavy atom. The van der Waals surface area contributed by atoms with Crippen molar-refractivity contribution in [2.75, 3.05) is 11.4 Å². The summed E-state index contributed by atoms with van der Waals surface area (Å²) in [6, 6.07) is 17.0. The number of anilines is 1. The van der Waals surface area contributed by atoms with E-state index < -0.39 is 37.1 Å². The van der Waals surface area contributed by atoms with Crippen molar-refractivity contribution in [1.82, 2.24) is 0 Å². The van der Waals surface area contributed by atoms with E-state index in [9.17, 15) is 35.8 Å². The molecule has 3 nitrogen and oxygen atoms in total. The standard InChI is InChI=1S/C27H25ClF7NO2/c1-2-20-12-18(9-10-23(20)28)11-17-5-3-7-21(13-17)36(16-24(37)26(31,32)33)15-19-6-4-8-22(14-19)38-27(34,35)25(29)30/h3-10,12-14,24-25,37H,2,11,15-16H2,1H3/t24-/m1/s1. The Kier molecular flexibility index (Phi) is 9.54. The fraction of sp³-hybridized carbons (Fsp3) is 0.333. The summed E-state index contributed by atoms with van der Waals surface area (Å²) in [5.41, 5.74) is 3.20. The molecule has 3 rings (SSSR count). The van der Waals surface area contributed by atoms with Crippen LogP contribution in [0.4, 0.5) is 36.4 Å². The van der Waals surface area contributed by atoms with Gasteiger partial charge in [-0.1, -0.05) is 54.9 Å². The molecule has 0 aromatic heterocycles. The molecule has 0 aliphatic heterocycles. The van der Waals surface area contributed by atoms with Crippen LogP contribution in [0.5, 0.6) is 5.75 Å². The van der Waals surface area contributed by atoms with Gasteiger partial charge in [0.05, 0.1) is 6.54 Å². The highest BCUT2D eigenvalue weighted by Crippen LogP contribution is 2.30. The Morgan fingerprint density at radius 3 is 2.21 bits per heavy atom. The number of nitrogens with zero attached hydrogens (tertiary/aromatic N) is 1. The molecule has 0 radical (unpaired) electrons. The zero-order chi connectivity index (χ0) is 28.1. The predicted molar refractivity (Wildman–Crippen MR) is 131 cm³/mol. The van der Waals surface area contributed by atoms with Crippen LogP contribution >= 0.6 is 11.6 Å². The lowest BCUT2D eigenvalue weighted by molar-refractivity contribution is -0.253. The monoisotopic (exact) mass is 563 g/mol. The summed E-state index contributed by atoms with van der Waals surface area (Å²) >= 11 is 6.18. The normalized spacial score (nSPS) is 13.0. The van der Waals surface area contributed by atoms with Gasteiger partial charge in [-0.2, -0.15) is 30.7 Å². The Bertz CT molecular complexity index is 1220. The number of aliphatic hydroxyl groups is 1. The highest BCUT2D eigenvalue weighted by atomic mass is 35.5. The van der Waals surface area contributed by atoms with Gasteiger partial charge in [-0.3, -0.25) is 0 Å². The van der Waals surface area contributed by atoms with Crippen molar-refractivity contribution >= 4 is 17.3 Å². The van der Waals surface area contributed by atoms with Gasteiger partial charge in [0, 0.05) is 17.3 Å². The largest absolute Gasteiger partial charge is 0.461 e. The van der Waals surface area contributed by atoms with E-state index in [1.165, 1.54) is 17.0 Å². The first-order valence-corrected chi connectivity index (χ1v) is 12.0. The third-order valence-electron chi connectivity index (χ3n) is 5.73. The fourth-order valence-electron chi connectivity index (χ4n) is 3.81. The van der Waals surface area contributed by atoms with Crippen molar-refractivity contribution in [2.45, 2.75) is 51.1 Å². The number of rotatable bonds is 11. The number of halogens is 8. The second-order valence-corrected chi connectivity index (χ2v) is 9.08. The van der Waals surface area contributed by atoms with Crippen LogP contribution in [0, 0.1) is 0 Å². The first-order chi connectivity index (χ1) is 17.8. The van der Waals surface area contributed by atoms with E-state index in [0.29, 0.717) is 17.1 Å². The van der Waals surface area contributed by atoms with Crippen LogP contribution in [-0.2, 0) is 19.4 Å². The lowest BCUT2D eigenvalue weighted by Gasteiger charge is -2.29. The van der Waals surface area contributed by atoms with Gasteiger partial charge in [-0.25, -0.2) is 0 Å². The second-order valence-electron chi connectivity index (χ2n) is 8.68. The van der Waals surface area contributed by atoms with Gasteiger partial charge in [0.25, 0.3) is 0 Å². The number of alkyl halides is 7. The molecule has 0 heterocycles. The van der Waals surface area contributed by atoms with E-state index in [0.717, 1.165) is 35.2 Å². The fourth-order valence-corrected chi connectivity index (χ4v) is 4.06. The molecule has 0 fully saturated rings. The molecule has 11 heteroatoms. The Hall–Kier alpha value is -2.98. The maximum atomic E-state index is 13.3. The molecule has 0 bridgehead atoms. The number of ether oxygens (including phenoxy) is 1. The minimum Gasteiger partial charge on any atom is -0.428 e. The molecule has 0 aliphatic rings. The SMILES string of the molecule is CCc1cc(Cc2cccc(N(Cc3cccc(OC(F)(F)C(F)F)c3)C[C@@H](O)C(F)(F)F)c2)ccc1Cl. The first-order valence-electron chi connectivity index (χ1n) is 11.6. The van der Waals surface area contributed by atoms with Crippen molar-refractivity contribution in [3.05, 3.63) is 94.0 Å². The quantitative estimate of drug-likeness (QED) is 0.243. The molecular weight excluding hydrogens is 539 g/mol. The van der Waals surface area contributed by atoms with Gasteiger partial charge in [0.2, 0.25) is 0 Å². The van der Waals surface area contributed by atoms with E-state index >= 15 is 0 Å². The first kappa shape index (κ1) is 29.6. The van der Waals surface area contributed by atoms with Gasteiger partial charge in [-0.15, -0.1) is 0 Å². The average Bonchev–Trinajstić information content (AvgIpc) is 2.84. The molecule has 1 atom stereocenters. The predicted octanol–water partition coefficient (Wildman–Crippen LogP) is 7.66. The number of hydrogen-bond acceptors (Lipinski definition) is 3. The molecule has 3 aromatic carbocycles. The molecule has 0 saturated heterocycles. The number of aliphatic hydroxyl groups excluding tert-OH is 1. The summed E-state index contributed by atoms with van der Waals surface area (Å²) in [6.45, 7) is 0.852. The molecule has 3 aromatic rings. The third kappa shape index (κ3) is 8.01. The van der Waals surface area contributed by atoms with E-state index in [4.69, 9.17) is 11.6 Å². The number of benzene rings is 3. The van der Waals surface area contributed by atoms with Crippen molar-refractivity contribution in [1.29, 1.82) is 0 Å². The maximum absolute atomic E-state index is 13.3. The third-order valence-corrected chi connectivity index (χ3v) is 6.09. The summed E-state index contributed by atoms with van der Waals surface area (Å²) in [5.74, 6) is -0.577. The molecule has 38 heavy (non-hydrogen) atoms. The summed E-state index contributed by atoms with van der Waals surface area (Å²) in [4.78, 5) is 1.23. The summed E-state index contributed by atoms with van der Waals surface area (Å²) < 4.78 is 95.4. The minimum atomic E-state index is -4.90. The molecule has 0 unspecified atom stereocenters. The highest BCUT2D eigenvalue weighted by Gasteiger charge is 2.44. The molecule has 0 spiro atoms. The molecule has 206 valence electrons. The van der Waals surface area contributed by atoms with Crippen LogP contribution in [0.2, 0.25) is 5.02 Å². The van der Waals surface area contributed by atoms with Gasteiger partial charge in [-0.05, 0) is 65.4 Å². The van der Waals surface area contributed by atoms with Gasteiger partial charge in [0.15, 0.2) is 6.10 Å². The van der Waals surface area contributed by atoms with E-state index in [-0.39, 0.29) is 12.1 Å². The summed E-state index contributed by atoms with van der Waals surface area (Å²) in [6.07, 6.45) is -15.2. The Balaban J connectivity index is 1.89. The van der Waals surface area contributed by atoms with Crippen LogP contribution in [0.1, 0.15) is 29.2 Å². The number of aryl methyl sites for hydroxylation is 1. The Morgan fingerprint density at radius 1 is 0.895 bits per heavy atom. The smallest absolute Gasteiger partial charge is 0.428 e. The molecule has 0 aliphatic carbocycles. The molecule has 0 saturated carbocycles. The topological polar surface area (TPSA) is 32.7 Å². The average molecular weight is 564 g/mol. The van der Waals surface area contributed by atoms with E-state index in [1.54, 1.807) is 30.3 Å². The van der Waals surface area contributed by atoms with E-state index in [1.807, 2.05) is 19.1 Å². The van der Waals surface area contributed by atoms with Crippen molar-refractivity contribution in [3.8, 4) is 5.75 Å². The second kappa shape index (κ2) is 12.3. The van der Waals surface area contributed by atoms with Gasteiger partial charge >= 0.3 is 18.7 Å². The molecule has 1 N–H and O–H groups in total. The van der Waals surface area contributed by atoms with Gasteiger partial charge < -0.3 is 14.7 Å². The molecule has 0 amide bonds.